The van der Waals surface area contributed by atoms with E-state index in [-0.39, 0.29) is 0 Å². The number of aromatic nitrogens is 2. The second-order valence-corrected chi connectivity index (χ2v) is 5.53. The van der Waals surface area contributed by atoms with Crippen LogP contribution in [0, 0.1) is 0 Å². The maximum atomic E-state index is 5.45. The van der Waals surface area contributed by atoms with Crippen molar-refractivity contribution in [2.45, 2.75) is 6.42 Å². The smallest absolute Gasteiger partial charge is 0.183 e. The number of hydrogen-bond donors (Lipinski definition) is 0. The number of nitrogens with zero attached hydrogens (tertiary/aromatic N) is 2. The highest BCUT2D eigenvalue weighted by Gasteiger charge is 2.14. The summed E-state index contributed by atoms with van der Waals surface area (Å²) >= 11 is 4.85. The van der Waals surface area contributed by atoms with E-state index in [1.54, 1.807) is 0 Å². The fraction of sp³-hybridized carbons (Fsp3) is 0.200. The second-order valence-electron chi connectivity index (χ2n) is 3.28. The highest BCUT2D eigenvalue weighted by molar-refractivity contribution is 9.11. The van der Waals surface area contributed by atoms with Crippen molar-refractivity contribution in [3.05, 3.63) is 27.7 Å². The van der Waals surface area contributed by atoms with Gasteiger partial charge in [-0.2, -0.15) is 0 Å². The molecule has 0 radical (unpaired) electrons. The second kappa shape index (κ2) is 3.57. The quantitative estimate of drug-likeness (QED) is 0.807. The zero-order chi connectivity index (χ0) is 10.3. The Labute approximate surface area is 99.2 Å². The van der Waals surface area contributed by atoms with Gasteiger partial charge in [-0.3, -0.25) is 0 Å². The standard InChI is InChI=1S/C10H7BrN2OS/c11-10-13-12-9(15-10)7-1-2-8-6(5-7)3-4-14-8/h1-2,5H,3-4H2. The third kappa shape index (κ3) is 1.66. The van der Waals surface area contributed by atoms with Gasteiger partial charge in [-0.25, -0.2) is 0 Å². The lowest BCUT2D eigenvalue weighted by Gasteiger charge is -1.99. The lowest BCUT2D eigenvalue weighted by molar-refractivity contribution is 0.357. The van der Waals surface area contributed by atoms with E-state index in [0.29, 0.717) is 0 Å². The number of ether oxygens (including phenoxy) is 1. The highest BCUT2D eigenvalue weighted by atomic mass is 79.9. The minimum atomic E-state index is 0.790. The molecule has 1 aliphatic heterocycles. The zero-order valence-electron chi connectivity index (χ0n) is 7.74. The third-order valence-electron chi connectivity index (χ3n) is 2.34. The van der Waals surface area contributed by atoms with Gasteiger partial charge in [-0.05, 0) is 39.7 Å². The Morgan fingerprint density at radius 1 is 1.33 bits per heavy atom. The van der Waals surface area contributed by atoms with Crippen molar-refractivity contribution < 1.29 is 4.74 Å². The number of rotatable bonds is 1. The molecule has 2 heterocycles. The summed E-state index contributed by atoms with van der Waals surface area (Å²) in [5, 5.41) is 8.97. The van der Waals surface area contributed by atoms with Crippen molar-refractivity contribution in [2.24, 2.45) is 0 Å². The predicted molar refractivity (Wildman–Crippen MR) is 62.2 cm³/mol. The van der Waals surface area contributed by atoms with E-state index >= 15 is 0 Å². The Morgan fingerprint density at radius 2 is 2.27 bits per heavy atom. The van der Waals surface area contributed by atoms with E-state index in [1.807, 2.05) is 12.1 Å². The maximum absolute atomic E-state index is 5.45. The molecule has 5 heteroatoms. The van der Waals surface area contributed by atoms with Gasteiger partial charge < -0.3 is 4.74 Å². The van der Waals surface area contributed by atoms with Gasteiger partial charge in [-0.1, -0.05) is 11.3 Å². The van der Waals surface area contributed by atoms with Crippen molar-refractivity contribution in [1.82, 2.24) is 10.2 Å². The monoisotopic (exact) mass is 282 g/mol. The summed E-state index contributed by atoms with van der Waals surface area (Å²) in [6, 6.07) is 6.17. The van der Waals surface area contributed by atoms with Crippen LogP contribution in [-0.4, -0.2) is 16.8 Å². The van der Waals surface area contributed by atoms with Crippen LogP contribution in [0.5, 0.6) is 5.75 Å². The number of benzene rings is 1. The van der Waals surface area contributed by atoms with E-state index in [4.69, 9.17) is 4.74 Å². The lowest BCUT2D eigenvalue weighted by Crippen LogP contribution is -1.85. The molecule has 1 aromatic heterocycles. The fourth-order valence-electron chi connectivity index (χ4n) is 1.64. The van der Waals surface area contributed by atoms with Crippen molar-refractivity contribution in [1.29, 1.82) is 0 Å². The molecular weight excluding hydrogens is 276 g/mol. The molecule has 1 aromatic carbocycles. The molecular formula is C10H7BrN2OS. The van der Waals surface area contributed by atoms with Gasteiger partial charge in [0.25, 0.3) is 0 Å². The fourth-order valence-corrected chi connectivity index (χ4v) is 2.75. The van der Waals surface area contributed by atoms with Crippen molar-refractivity contribution in [3.63, 3.8) is 0 Å². The first-order valence-electron chi connectivity index (χ1n) is 4.58. The van der Waals surface area contributed by atoms with Crippen molar-refractivity contribution in [3.8, 4) is 16.3 Å². The van der Waals surface area contributed by atoms with E-state index < -0.39 is 0 Å². The molecule has 0 fully saturated rings. The largest absolute Gasteiger partial charge is 0.493 e. The molecule has 15 heavy (non-hydrogen) atoms. The predicted octanol–water partition coefficient (Wildman–Crippen LogP) is 2.90. The van der Waals surface area contributed by atoms with Crippen molar-refractivity contribution >= 4 is 27.3 Å². The van der Waals surface area contributed by atoms with Crippen LogP contribution < -0.4 is 4.74 Å². The van der Waals surface area contributed by atoms with E-state index in [9.17, 15) is 0 Å². The molecule has 0 N–H and O–H groups in total. The minimum Gasteiger partial charge on any atom is -0.493 e. The summed E-state index contributed by atoms with van der Waals surface area (Å²) in [6.07, 6.45) is 0.989. The first-order chi connectivity index (χ1) is 7.33. The average molecular weight is 283 g/mol. The van der Waals surface area contributed by atoms with Gasteiger partial charge in [0.1, 0.15) is 10.8 Å². The van der Waals surface area contributed by atoms with Crippen LogP contribution >= 0.6 is 27.3 Å². The van der Waals surface area contributed by atoms with Crippen LogP contribution in [0.3, 0.4) is 0 Å². The van der Waals surface area contributed by atoms with Crippen LogP contribution in [0.1, 0.15) is 5.56 Å². The summed E-state index contributed by atoms with van der Waals surface area (Å²) in [6.45, 7) is 0.790. The summed E-state index contributed by atoms with van der Waals surface area (Å²) in [5.41, 5.74) is 2.38. The molecule has 0 spiro atoms. The average Bonchev–Trinajstić information content (AvgIpc) is 2.84. The molecule has 0 saturated heterocycles. The molecule has 0 atom stereocenters. The zero-order valence-corrected chi connectivity index (χ0v) is 10.1. The van der Waals surface area contributed by atoms with Crippen molar-refractivity contribution in [2.75, 3.05) is 6.61 Å². The molecule has 2 aromatic rings. The summed E-state index contributed by atoms with van der Waals surface area (Å²) < 4.78 is 6.27. The molecule has 0 aliphatic carbocycles. The molecule has 1 aliphatic rings. The minimum absolute atomic E-state index is 0.790. The van der Waals surface area contributed by atoms with Crippen LogP contribution in [0.4, 0.5) is 0 Å². The van der Waals surface area contributed by atoms with E-state index in [0.717, 1.165) is 33.3 Å². The summed E-state index contributed by atoms with van der Waals surface area (Å²) in [7, 11) is 0. The first kappa shape index (κ1) is 9.30. The van der Waals surface area contributed by atoms with Crippen LogP contribution in [0.25, 0.3) is 10.6 Å². The molecule has 0 unspecified atom stereocenters. The van der Waals surface area contributed by atoms with Gasteiger partial charge in [0.2, 0.25) is 0 Å². The van der Waals surface area contributed by atoms with Crippen LogP contribution in [0.15, 0.2) is 22.1 Å². The van der Waals surface area contributed by atoms with Gasteiger partial charge in [0.15, 0.2) is 3.92 Å². The SMILES string of the molecule is Brc1nnc(-c2ccc3c(c2)CCO3)s1. The van der Waals surface area contributed by atoms with Crippen LogP contribution in [0.2, 0.25) is 0 Å². The number of fused-ring (bicyclic) bond motifs is 1. The van der Waals surface area contributed by atoms with E-state index in [2.05, 4.69) is 32.2 Å². The van der Waals surface area contributed by atoms with E-state index in [1.165, 1.54) is 16.9 Å². The summed E-state index contributed by atoms with van der Waals surface area (Å²) in [5.74, 6) is 1.00. The molecule has 76 valence electrons. The third-order valence-corrected chi connectivity index (χ3v) is 3.74. The lowest BCUT2D eigenvalue weighted by atomic mass is 10.1. The number of halogens is 1. The summed E-state index contributed by atoms with van der Waals surface area (Å²) in [4.78, 5) is 0. The number of hydrogen-bond acceptors (Lipinski definition) is 4. The highest BCUT2D eigenvalue weighted by Crippen LogP contribution is 2.32. The molecule has 3 nitrogen and oxygen atoms in total. The molecule has 0 amide bonds. The Bertz CT molecular complexity index is 512. The van der Waals surface area contributed by atoms with Crippen LogP contribution in [-0.2, 0) is 6.42 Å². The van der Waals surface area contributed by atoms with Gasteiger partial charge in [-0.15, -0.1) is 10.2 Å². The van der Waals surface area contributed by atoms with Gasteiger partial charge in [0.05, 0.1) is 6.61 Å². The topological polar surface area (TPSA) is 35.0 Å². The Balaban J connectivity index is 2.06. The molecule has 0 saturated carbocycles. The normalized spacial score (nSPS) is 13.7. The molecule has 0 bridgehead atoms. The Kier molecular flexibility index (Phi) is 2.21. The Hall–Kier alpha value is -0.940. The first-order valence-corrected chi connectivity index (χ1v) is 6.19. The van der Waals surface area contributed by atoms with Gasteiger partial charge in [0, 0.05) is 12.0 Å². The molecule has 3 rings (SSSR count). The maximum Gasteiger partial charge on any atom is 0.183 e. The Morgan fingerprint density at radius 3 is 3.07 bits per heavy atom. The van der Waals surface area contributed by atoms with Gasteiger partial charge >= 0.3 is 0 Å².